The molecule has 0 radical (unpaired) electrons. The highest BCUT2D eigenvalue weighted by molar-refractivity contribution is 6.32. The molecule has 0 bridgehead atoms. The van der Waals surface area contributed by atoms with Crippen molar-refractivity contribution in [2.24, 2.45) is 0 Å². The summed E-state index contributed by atoms with van der Waals surface area (Å²) in [4.78, 5) is 4.42. The first kappa shape index (κ1) is 14.2. The maximum absolute atomic E-state index is 6.16. The highest BCUT2D eigenvalue weighted by Gasteiger charge is 2.05. The first-order chi connectivity index (χ1) is 10.1. The van der Waals surface area contributed by atoms with Crippen molar-refractivity contribution in [2.45, 2.75) is 13.5 Å². The zero-order valence-corrected chi connectivity index (χ0v) is 13.0. The second kappa shape index (κ2) is 5.92. The summed E-state index contributed by atoms with van der Waals surface area (Å²) in [5, 5.41) is 5.88. The summed E-state index contributed by atoms with van der Waals surface area (Å²) >= 11 is 12.3. The van der Waals surface area contributed by atoms with Crippen molar-refractivity contribution in [3.05, 3.63) is 69.8 Å². The summed E-state index contributed by atoms with van der Waals surface area (Å²) < 4.78 is 0. The number of aromatic nitrogens is 1. The number of nitrogens with zero attached hydrogens (tertiary/aromatic N) is 1. The van der Waals surface area contributed by atoms with E-state index in [1.54, 1.807) is 6.20 Å². The Bertz CT molecular complexity index is 800. The summed E-state index contributed by atoms with van der Waals surface area (Å²) in [6, 6.07) is 13.8. The molecular weight excluding hydrogens is 303 g/mol. The molecule has 0 amide bonds. The van der Waals surface area contributed by atoms with E-state index < -0.39 is 0 Å². The SMILES string of the molecule is Cc1ccc(CNc2cc(Cl)cc3cccnc23)cc1Cl. The van der Waals surface area contributed by atoms with Gasteiger partial charge >= 0.3 is 0 Å². The maximum atomic E-state index is 6.16. The van der Waals surface area contributed by atoms with Gasteiger partial charge in [-0.15, -0.1) is 0 Å². The first-order valence-corrected chi connectivity index (χ1v) is 7.42. The van der Waals surface area contributed by atoms with Crippen LogP contribution in [0.1, 0.15) is 11.1 Å². The van der Waals surface area contributed by atoms with E-state index in [0.29, 0.717) is 11.6 Å². The Morgan fingerprint density at radius 3 is 2.76 bits per heavy atom. The summed E-state index contributed by atoms with van der Waals surface area (Å²) in [7, 11) is 0. The Labute approximate surface area is 133 Å². The number of benzene rings is 2. The van der Waals surface area contributed by atoms with Crippen LogP contribution in [0.4, 0.5) is 5.69 Å². The van der Waals surface area contributed by atoms with Crippen molar-refractivity contribution >= 4 is 39.8 Å². The van der Waals surface area contributed by atoms with E-state index in [4.69, 9.17) is 23.2 Å². The van der Waals surface area contributed by atoms with Gasteiger partial charge in [-0.25, -0.2) is 0 Å². The number of pyridine rings is 1. The third-order valence-corrected chi connectivity index (χ3v) is 4.01. The molecule has 1 N–H and O–H groups in total. The van der Waals surface area contributed by atoms with E-state index in [1.807, 2.05) is 43.3 Å². The minimum absolute atomic E-state index is 0.673. The van der Waals surface area contributed by atoms with Gasteiger partial charge in [-0.3, -0.25) is 4.98 Å². The Kier molecular flexibility index (Phi) is 4.00. The second-order valence-corrected chi connectivity index (χ2v) is 5.81. The van der Waals surface area contributed by atoms with Gasteiger partial charge in [-0.05, 0) is 42.3 Å². The predicted molar refractivity (Wildman–Crippen MR) is 90.3 cm³/mol. The van der Waals surface area contributed by atoms with Gasteiger partial charge in [0.2, 0.25) is 0 Å². The van der Waals surface area contributed by atoms with Gasteiger partial charge in [0.1, 0.15) is 0 Å². The average molecular weight is 317 g/mol. The average Bonchev–Trinajstić information content (AvgIpc) is 2.48. The fourth-order valence-corrected chi connectivity index (χ4v) is 2.66. The Hall–Kier alpha value is -1.77. The van der Waals surface area contributed by atoms with Crippen molar-refractivity contribution in [3.63, 3.8) is 0 Å². The number of fused-ring (bicyclic) bond motifs is 1. The third-order valence-electron chi connectivity index (χ3n) is 3.39. The highest BCUT2D eigenvalue weighted by Crippen LogP contribution is 2.27. The van der Waals surface area contributed by atoms with Crippen LogP contribution >= 0.6 is 23.2 Å². The van der Waals surface area contributed by atoms with E-state index in [0.717, 1.165) is 32.7 Å². The number of halogens is 2. The number of rotatable bonds is 3. The molecule has 0 saturated heterocycles. The molecule has 106 valence electrons. The summed E-state index contributed by atoms with van der Waals surface area (Å²) in [6.45, 7) is 2.67. The molecule has 0 spiro atoms. The van der Waals surface area contributed by atoms with E-state index in [-0.39, 0.29) is 0 Å². The van der Waals surface area contributed by atoms with Gasteiger partial charge in [0.15, 0.2) is 0 Å². The lowest BCUT2D eigenvalue weighted by atomic mass is 10.1. The highest BCUT2D eigenvalue weighted by atomic mass is 35.5. The largest absolute Gasteiger partial charge is 0.379 e. The van der Waals surface area contributed by atoms with Gasteiger partial charge in [0.05, 0.1) is 11.2 Å². The van der Waals surface area contributed by atoms with Crippen LogP contribution in [0, 0.1) is 6.92 Å². The molecule has 21 heavy (non-hydrogen) atoms. The quantitative estimate of drug-likeness (QED) is 0.693. The number of anilines is 1. The number of nitrogens with one attached hydrogen (secondary N) is 1. The smallest absolute Gasteiger partial charge is 0.0934 e. The predicted octanol–water partition coefficient (Wildman–Crippen LogP) is 5.46. The standard InChI is InChI=1S/C17H14Cl2N2/c1-11-4-5-12(7-15(11)19)10-21-16-9-14(18)8-13-3-2-6-20-17(13)16/h2-9,21H,10H2,1H3. The molecule has 4 heteroatoms. The van der Waals surface area contributed by atoms with Crippen LogP contribution in [0.3, 0.4) is 0 Å². The van der Waals surface area contributed by atoms with Crippen molar-refractivity contribution in [3.8, 4) is 0 Å². The van der Waals surface area contributed by atoms with Crippen LogP contribution in [0.25, 0.3) is 10.9 Å². The normalized spacial score (nSPS) is 10.8. The van der Waals surface area contributed by atoms with Crippen molar-refractivity contribution in [1.29, 1.82) is 0 Å². The molecule has 2 nitrogen and oxygen atoms in total. The van der Waals surface area contributed by atoms with Crippen molar-refractivity contribution in [1.82, 2.24) is 4.98 Å². The Balaban J connectivity index is 1.89. The maximum Gasteiger partial charge on any atom is 0.0934 e. The summed E-state index contributed by atoms with van der Waals surface area (Å²) in [5.74, 6) is 0. The van der Waals surface area contributed by atoms with Crippen LogP contribution in [0.5, 0.6) is 0 Å². The minimum atomic E-state index is 0.673. The van der Waals surface area contributed by atoms with Crippen LogP contribution in [0.15, 0.2) is 48.7 Å². The van der Waals surface area contributed by atoms with Gasteiger partial charge in [-0.2, -0.15) is 0 Å². The molecule has 0 aliphatic heterocycles. The molecular formula is C17H14Cl2N2. The molecule has 2 aromatic carbocycles. The third kappa shape index (κ3) is 3.12. The number of hydrogen-bond donors (Lipinski definition) is 1. The van der Waals surface area contributed by atoms with E-state index >= 15 is 0 Å². The number of hydrogen-bond acceptors (Lipinski definition) is 2. The van der Waals surface area contributed by atoms with Crippen LogP contribution in [-0.4, -0.2) is 4.98 Å². The van der Waals surface area contributed by atoms with Crippen LogP contribution in [0.2, 0.25) is 10.0 Å². The fourth-order valence-electron chi connectivity index (χ4n) is 2.23. The van der Waals surface area contributed by atoms with Crippen LogP contribution < -0.4 is 5.32 Å². The van der Waals surface area contributed by atoms with E-state index in [2.05, 4.69) is 16.4 Å². The molecule has 3 aromatic rings. The van der Waals surface area contributed by atoms with Gasteiger partial charge < -0.3 is 5.32 Å². The van der Waals surface area contributed by atoms with Gasteiger partial charge in [0, 0.05) is 28.2 Å². The molecule has 0 aliphatic carbocycles. The second-order valence-electron chi connectivity index (χ2n) is 4.97. The summed E-state index contributed by atoms with van der Waals surface area (Å²) in [6.07, 6.45) is 1.78. The topological polar surface area (TPSA) is 24.9 Å². The lowest BCUT2D eigenvalue weighted by Crippen LogP contribution is -2.01. The Morgan fingerprint density at radius 2 is 1.95 bits per heavy atom. The Morgan fingerprint density at radius 1 is 1.10 bits per heavy atom. The molecule has 3 rings (SSSR count). The molecule has 0 aliphatic rings. The number of aryl methyl sites for hydroxylation is 1. The monoisotopic (exact) mass is 316 g/mol. The molecule has 0 fully saturated rings. The lowest BCUT2D eigenvalue weighted by Gasteiger charge is -2.11. The zero-order chi connectivity index (χ0) is 14.8. The first-order valence-electron chi connectivity index (χ1n) is 6.66. The van der Waals surface area contributed by atoms with E-state index in [9.17, 15) is 0 Å². The van der Waals surface area contributed by atoms with Gasteiger partial charge in [0.25, 0.3) is 0 Å². The molecule has 1 heterocycles. The molecule has 0 unspecified atom stereocenters. The lowest BCUT2D eigenvalue weighted by molar-refractivity contribution is 1.15. The van der Waals surface area contributed by atoms with E-state index in [1.165, 1.54) is 0 Å². The van der Waals surface area contributed by atoms with Crippen LogP contribution in [-0.2, 0) is 6.54 Å². The van der Waals surface area contributed by atoms with Crippen molar-refractivity contribution in [2.75, 3.05) is 5.32 Å². The minimum Gasteiger partial charge on any atom is -0.379 e. The zero-order valence-electron chi connectivity index (χ0n) is 11.5. The molecule has 0 atom stereocenters. The van der Waals surface area contributed by atoms with Gasteiger partial charge in [-0.1, -0.05) is 41.4 Å². The molecule has 1 aromatic heterocycles. The molecule has 0 saturated carbocycles. The summed E-state index contributed by atoms with van der Waals surface area (Å²) in [5.41, 5.74) is 4.04. The van der Waals surface area contributed by atoms with Crippen molar-refractivity contribution < 1.29 is 0 Å². The fraction of sp³-hybridized carbons (Fsp3) is 0.118.